The molecule has 5 rings (SSSR count). The van der Waals surface area contributed by atoms with Crippen molar-refractivity contribution in [2.75, 3.05) is 34.4 Å². The molecule has 1 aliphatic heterocycles. The smallest absolute Gasteiger partial charge is 0.188 e. The third kappa shape index (κ3) is 5.21. The molecule has 1 aliphatic carbocycles. The number of imidazole rings is 1. The van der Waals surface area contributed by atoms with E-state index in [1.165, 1.54) is 0 Å². The summed E-state index contributed by atoms with van der Waals surface area (Å²) in [5, 5.41) is 0.615. The van der Waals surface area contributed by atoms with Gasteiger partial charge >= 0.3 is 0 Å². The van der Waals surface area contributed by atoms with E-state index < -0.39 is 11.5 Å². The number of fused-ring (bicyclic) bond motifs is 2. The van der Waals surface area contributed by atoms with Gasteiger partial charge in [-0.1, -0.05) is 17.7 Å². The summed E-state index contributed by atoms with van der Waals surface area (Å²) in [7, 11) is 5.27. The molecular weight excluding hydrogens is 528 g/mol. The second kappa shape index (κ2) is 11.0. The number of hydrogen-bond donors (Lipinski definition) is 1. The third-order valence-corrected chi connectivity index (χ3v) is 7.88. The monoisotopic (exact) mass is 560 g/mol. The molecule has 2 aromatic carbocycles. The van der Waals surface area contributed by atoms with Crippen molar-refractivity contribution < 1.29 is 19.1 Å². The molecule has 1 unspecified atom stereocenters. The van der Waals surface area contributed by atoms with Gasteiger partial charge in [-0.15, -0.1) is 0 Å². The first-order valence-corrected chi connectivity index (χ1v) is 13.6. The van der Waals surface area contributed by atoms with Crippen LogP contribution in [0.3, 0.4) is 0 Å². The van der Waals surface area contributed by atoms with Gasteiger partial charge in [-0.25, -0.2) is 4.98 Å². The van der Waals surface area contributed by atoms with Crippen LogP contribution in [0.4, 0.5) is 0 Å². The number of ketones is 2. The Morgan fingerprint density at radius 2 is 1.75 bits per heavy atom. The Balaban J connectivity index is 1.37. The number of hydrogen-bond acceptors (Lipinski definition) is 7. The SMILES string of the molecule is COc1ccc(CCN(C)CCC2C(=O)c3[nH]c(-c4ccc(Cl)cc4)nc3C3=C2C(=O)C(C)(C)N=C3)cc1OC. The van der Waals surface area contributed by atoms with Gasteiger partial charge in [0.1, 0.15) is 22.8 Å². The summed E-state index contributed by atoms with van der Waals surface area (Å²) in [6.45, 7) is 4.98. The molecular formula is C31H33ClN4O4. The first-order valence-electron chi connectivity index (χ1n) is 13.3. The van der Waals surface area contributed by atoms with Crippen LogP contribution >= 0.6 is 11.6 Å². The van der Waals surface area contributed by atoms with E-state index in [1.807, 2.05) is 37.4 Å². The number of H-pyrrole nitrogens is 1. The number of carbonyl (C=O) groups is 2. The van der Waals surface area contributed by atoms with E-state index in [9.17, 15) is 9.59 Å². The summed E-state index contributed by atoms with van der Waals surface area (Å²) < 4.78 is 10.8. The molecule has 1 N–H and O–H groups in total. The molecule has 0 amide bonds. The Labute approximate surface area is 239 Å². The van der Waals surface area contributed by atoms with E-state index in [4.69, 9.17) is 26.1 Å². The molecule has 0 bridgehead atoms. The zero-order valence-electron chi connectivity index (χ0n) is 23.4. The van der Waals surface area contributed by atoms with Crippen LogP contribution in [0.15, 0.2) is 53.0 Å². The molecule has 3 aromatic rings. The standard InChI is InChI=1S/C31H33ClN4O4/c1-31(2)29(38)25-21(13-15-36(3)14-12-18-6-11-23(39-4)24(16-18)40-5)28(37)27-26(22(25)17-33-31)34-30(35-27)19-7-9-20(32)10-8-19/h6-11,16-17,21H,12-15H2,1-5H3,(H,34,35). The number of methoxy groups -OCH3 is 2. The van der Waals surface area contributed by atoms with E-state index >= 15 is 0 Å². The average Bonchev–Trinajstić information content (AvgIpc) is 3.40. The van der Waals surface area contributed by atoms with Crippen molar-refractivity contribution in [3.05, 3.63) is 70.0 Å². The van der Waals surface area contributed by atoms with Crippen LogP contribution in [0.1, 0.15) is 42.0 Å². The Bertz CT molecular complexity index is 1520. The number of dihydropyridines is 1. The zero-order valence-corrected chi connectivity index (χ0v) is 24.1. The fourth-order valence-electron chi connectivity index (χ4n) is 5.23. The van der Waals surface area contributed by atoms with Gasteiger partial charge in [-0.3, -0.25) is 14.6 Å². The largest absolute Gasteiger partial charge is 0.493 e. The number of nitrogens with zero attached hydrogens (tertiary/aromatic N) is 3. The van der Waals surface area contributed by atoms with Gasteiger partial charge in [-0.2, -0.15) is 0 Å². The number of rotatable bonds is 9. The lowest BCUT2D eigenvalue weighted by molar-refractivity contribution is -0.119. The number of nitrogens with one attached hydrogen (secondary N) is 1. The van der Waals surface area contributed by atoms with E-state index in [0.29, 0.717) is 57.8 Å². The molecule has 2 heterocycles. The Morgan fingerprint density at radius 1 is 1.02 bits per heavy atom. The number of aromatic nitrogens is 2. The second-order valence-electron chi connectivity index (χ2n) is 10.7. The molecule has 1 aromatic heterocycles. The summed E-state index contributed by atoms with van der Waals surface area (Å²) in [5.74, 6) is 1.12. The van der Waals surface area contributed by atoms with Gasteiger partial charge in [0.05, 0.1) is 20.1 Å². The highest BCUT2D eigenvalue weighted by molar-refractivity contribution is 6.31. The molecule has 0 radical (unpaired) electrons. The van der Waals surface area contributed by atoms with Crippen LogP contribution in [-0.2, 0) is 11.2 Å². The topological polar surface area (TPSA) is 96.9 Å². The maximum absolute atomic E-state index is 13.9. The van der Waals surface area contributed by atoms with Gasteiger partial charge < -0.3 is 19.4 Å². The van der Waals surface area contributed by atoms with Gasteiger partial charge in [-0.05, 0) is 82.2 Å². The van der Waals surface area contributed by atoms with E-state index in [0.717, 1.165) is 24.1 Å². The van der Waals surface area contributed by atoms with Crippen LogP contribution < -0.4 is 9.47 Å². The van der Waals surface area contributed by atoms with Crippen LogP contribution in [0.5, 0.6) is 11.5 Å². The lowest BCUT2D eigenvalue weighted by Crippen LogP contribution is -2.41. The highest BCUT2D eigenvalue weighted by Crippen LogP contribution is 2.41. The third-order valence-electron chi connectivity index (χ3n) is 7.62. The average molecular weight is 561 g/mol. The van der Waals surface area contributed by atoms with Gasteiger partial charge in [0.2, 0.25) is 0 Å². The summed E-state index contributed by atoms with van der Waals surface area (Å²) >= 11 is 6.06. The lowest BCUT2D eigenvalue weighted by atomic mass is 9.73. The van der Waals surface area contributed by atoms with Crippen LogP contribution in [0.2, 0.25) is 5.02 Å². The number of aromatic amines is 1. The first kappa shape index (κ1) is 27.8. The van der Waals surface area contributed by atoms with Crippen molar-refractivity contribution in [2.24, 2.45) is 10.9 Å². The zero-order chi connectivity index (χ0) is 28.6. The molecule has 40 heavy (non-hydrogen) atoms. The van der Waals surface area contributed by atoms with Crippen molar-refractivity contribution in [2.45, 2.75) is 32.2 Å². The summed E-state index contributed by atoms with van der Waals surface area (Å²) in [6.07, 6.45) is 3.02. The molecule has 208 valence electrons. The predicted octanol–water partition coefficient (Wildman–Crippen LogP) is 5.31. The lowest BCUT2D eigenvalue weighted by Gasteiger charge is -2.33. The number of halogens is 1. The fourth-order valence-corrected chi connectivity index (χ4v) is 5.36. The van der Waals surface area contributed by atoms with Crippen LogP contribution in [-0.4, -0.2) is 72.5 Å². The molecule has 8 nitrogen and oxygen atoms in total. The fraction of sp³-hybridized carbons (Fsp3) is 0.355. The normalized spacial score (nSPS) is 17.7. The highest BCUT2D eigenvalue weighted by atomic mass is 35.5. The Morgan fingerprint density at radius 3 is 2.45 bits per heavy atom. The maximum atomic E-state index is 13.9. The molecule has 0 spiro atoms. The molecule has 0 saturated carbocycles. The molecule has 9 heteroatoms. The maximum Gasteiger partial charge on any atom is 0.188 e. The summed E-state index contributed by atoms with van der Waals surface area (Å²) in [6, 6.07) is 13.2. The first-order chi connectivity index (χ1) is 19.1. The van der Waals surface area contributed by atoms with Crippen molar-refractivity contribution in [3.8, 4) is 22.9 Å². The van der Waals surface area contributed by atoms with Crippen molar-refractivity contribution >= 4 is 35.0 Å². The predicted molar refractivity (Wildman–Crippen MR) is 157 cm³/mol. The van der Waals surface area contributed by atoms with Gasteiger partial charge in [0.15, 0.2) is 23.1 Å². The van der Waals surface area contributed by atoms with Gasteiger partial charge in [0, 0.05) is 34.5 Å². The minimum atomic E-state index is -0.927. The summed E-state index contributed by atoms with van der Waals surface area (Å²) in [4.78, 5) is 42.2. The molecule has 0 saturated heterocycles. The minimum absolute atomic E-state index is 0.116. The number of aliphatic imine (C=N–C) groups is 1. The van der Waals surface area contributed by atoms with Gasteiger partial charge in [0.25, 0.3) is 0 Å². The quantitative estimate of drug-likeness (QED) is 0.381. The van der Waals surface area contributed by atoms with Crippen molar-refractivity contribution in [1.29, 1.82) is 0 Å². The molecule has 2 aliphatic rings. The molecule has 0 fully saturated rings. The number of carbonyl (C=O) groups excluding carboxylic acids is 2. The Kier molecular flexibility index (Phi) is 7.66. The number of benzene rings is 2. The van der Waals surface area contributed by atoms with E-state index in [2.05, 4.69) is 14.9 Å². The number of likely N-dealkylation sites (N-methyl/N-ethyl adjacent to an activating group) is 1. The van der Waals surface area contributed by atoms with Crippen LogP contribution in [0.25, 0.3) is 17.0 Å². The summed E-state index contributed by atoms with van der Waals surface area (Å²) in [5.41, 5.74) is 3.05. The highest BCUT2D eigenvalue weighted by Gasteiger charge is 2.45. The van der Waals surface area contributed by atoms with Crippen LogP contribution in [0, 0.1) is 5.92 Å². The van der Waals surface area contributed by atoms with E-state index in [-0.39, 0.29) is 11.6 Å². The Hall–Kier alpha value is -3.75. The van der Waals surface area contributed by atoms with Crippen molar-refractivity contribution in [1.82, 2.24) is 14.9 Å². The number of Topliss-reactive ketones (excluding diaryl/α,β-unsaturated/α-hetero) is 2. The van der Waals surface area contributed by atoms with E-state index in [1.54, 1.807) is 46.4 Å². The molecule has 1 atom stereocenters. The number of allylic oxidation sites excluding steroid dienone is 1. The minimum Gasteiger partial charge on any atom is -0.493 e. The van der Waals surface area contributed by atoms with Crippen molar-refractivity contribution in [3.63, 3.8) is 0 Å². The number of ether oxygens (including phenoxy) is 2. The second-order valence-corrected chi connectivity index (χ2v) is 11.2.